The lowest BCUT2D eigenvalue weighted by atomic mass is 10.1. The van der Waals surface area contributed by atoms with E-state index in [1.54, 1.807) is 12.1 Å². The molecule has 1 unspecified atom stereocenters. The number of halogens is 1. The Bertz CT molecular complexity index is 431. The van der Waals surface area contributed by atoms with Crippen LogP contribution in [-0.4, -0.2) is 30.1 Å². The van der Waals surface area contributed by atoms with Crippen LogP contribution in [0.15, 0.2) is 12.1 Å². The molecule has 0 radical (unpaired) electrons. The Labute approximate surface area is 112 Å². The molecule has 0 saturated carbocycles. The molecule has 1 N–H and O–H groups in total. The average molecular weight is 269 g/mol. The summed E-state index contributed by atoms with van der Waals surface area (Å²) in [5.74, 6) is -0.107. The molecule has 1 aliphatic heterocycles. The molecule has 1 amide bonds. The van der Waals surface area contributed by atoms with Crippen LogP contribution in [0.3, 0.4) is 0 Å². The summed E-state index contributed by atoms with van der Waals surface area (Å²) < 4.78 is 5.33. The summed E-state index contributed by atoms with van der Waals surface area (Å²) in [7, 11) is 0. The van der Waals surface area contributed by atoms with Crippen LogP contribution in [0.4, 0.5) is 0 Å². The lowest BCUT2D eigenvalue weighted by molar-refractivity contribution is 0.0624. The fraction of sp³-hybridized carbons (Fsp3) is 0.538. The molecule has 1 aromatic rings. The van der Waals surface area contributed by atoms with Crippen molar-refractivity contribution in [3.8, 4) is 0 Å². The van der Waals surface area contributed by atoms with Crippen molar-refractivity contribution in [2.75, 3.05) is 13.2 Å². The molecule has 0 bridgehead atoms. The number of ether oxygens (including phenoxy) is 1. The van der Waals surface area contributed by atoms with Gasteiger partial charge in [0, 0.05) is 17.9 Å². The average Bonchev–Trinajstić information content (AvgIpc) is 2.39. The Morgan fingerprint density at radius 3 is 3.11 bits per heavy atom. The maximum absolute atomic E-state index is 12.1. The monoisotopic (exact) mass is 268 g/mol. The van der Waals surface area contributed by atoms with E-state index in [2.05, 4.69) is 10.3 Å². The smallest absolute Gasteiger partial charge is 0.251 e. The standard InChI is InChI=1S/C13H17ClN2O2/c1-2-10-6-9(7-12(14)15-10)13(17)16-11-4-3-5-18-8-11/h6-7,11H,2-5,8H2,1H3,(H,16,17). The second kappa shape index (κ2) is 6.16. The summed E-state index contributed by atoms with van der Waals surface area (Å²) in [6, 6.07) is 3.48. The molecular weight excluding hydrogens is 252 g/mol. The van der Waals surface area contributed by atoms with Gasteiger partial charge in [-0.05, 0) is 31.4 Å². The number of nitrogens with zero attached hydrogens (tertiary/aromatic N) is 1. The summed E-state index contributed by atoms with van der Waals surface area (Å²) >= 11 is 5.90. The van der Waals surface area contributed by atoms with Crippen molar-refractivity contribution in [1.82, 2.24) is 10.3 Å². The molecule has 2 heterocycles. The molecule has 0 aromatic carbocycles. The summed E-state index contributed by atoms with van der Waals surface area (Å²) in [6.45, 7) is 3.36. The highest BCUT2D eigenvalue weighted by atomic mass is 35.5. The third kappa shape index (κ3) is 3.43. The van der Waals surface area contributed by atoms with E-state index >= 15 is 0 Å². The van der Waals surface area contributed by atoms with Crippen molar-refractivity contribution in [1.29, 1.82) is 0 Å². The van der Waals surface area contributed by atoms with E-state index in [1.165, 1.54) is 0 Å². The van der Waals surface area contributed by atoms with Crippen molar-refractivity contribution >= 4 is 17.5 Å². The lowest BCUT2D eigenvalue weighted by Crippen LogP contribution is -2.40. The molecule has 1 saturated heterocycles. The van der Waals surface area contributed by atoms with Gasteiger partial charge in [0.15, 0.2) is 0 Å². The minimum absolute atomic E-state index is 0.100. The van der Waals surface area contributed by atoms with Crippen molar-refractivity contribution in [2.24, 2.45) is 0 Å². The Hall–Kier alpha value is -1.13. The molecule has 2 rings (SSSR count). The van der Waals surface area contributed by atoms with E-state index < -0.39 is 0 Å². The van der Waals surface area contributed by atoms with Crippen molar-refractivity contribution in [2.45, 2.75) is 32.2 Å². The van der Waals surface area contributed by atoms with Crippen LogP contribution in [0.1, 0.15) is 35.8 Å². The van der Waals surface area contributed by atoms with Gasteiger partial charge in [-0.1, -0.05) is 18.5 Å². The number of rotatable bonds is 3. The van der Waals surface area contributed by atoms with Crippen LogP contribution in [0.5, 0.6) is 0 Å². The predicted octanol–water partition coefficient (Wildman–Crippen LogP) is 2.21. The van der Waals surface area contributed by atoms with E-state index in [0.29, 0.717) is 17.3 Å². The van der Waals surface area contributed by atoms with Gasteiger partial charge in [-0.3, -0.25) is 4.79 Å². The van der Waals surface area contributed by atoms with Crippen LogP contribution < -0.4 is 5.32 Å². The molecular formula is C13H17ClN2O2. The molecule has 0 aliphatic carbocycles. The van der Waals surface area contributed by atoms with Gasteiger partial charge >= 0.3 is 0 Å². The lowest BCUT2D eigenvalue weighted by Gasteiger charge is -2.23. The number of aromatic nitrogens is 1. The molecule has 4 nitrogen and oxygen atoms in total. The first-order valence-corrected chi connectivity index (χ1v) is 6.62. The highest BCUT2D eigenvalue weighted by Gasteiger charge is 2.17. The maximum atomic E-state index is 12.1. The summed E-state index contributed by atoms with van der Waals surface area (Å²) in [6.07, 6.45) is 2.71. The largest absolute Gasteiger partial charge is 0.379 e. The zero-order chi connectivity index (χ0) is 13.0. The third-order valence-electron chi connectivity index (χ3n) is 2.97. The van der Waals surface area contributed by atoms with E-state index in [1.807, 2.05) is 6.92 Å². The van der Waals surface area contributed by atoms with Crippen LogP contribution in [0.2, 0.25) is 5.15 Å². The number of hydrogen-bond acceptors (Lipinski definition) is 3. The van der Waals surface area contributed by atoms with E-state index in [4.69, 9.17) is 16.3 Å². The van der Waals surface area contributed by atoms with Crippen LogP contribution in [0.25, 0.3) is 0 Å². The molecule has 5 heteroatoms. The second-order valence-corrected chi connectivity index (χ2v) is 4.80. The fourth-order valence-corrected chi connectivity index (χ4v) is 2.21. The summed E-state index contributed by atoms with van der Waals surface area (Å²) in [5.41, 5.74) is 1.39. The van der Waals surface area contributed by atoms with Crippen molar-refractivity contribution in [3.63, 3.8) is 0 Å². The molecule has 1 aromatic heterocycles. The molecule has 98 valence electrons. The SMILES string of the molecule is CCc1cc(C(=O)NC2CCCOC2)cc(Cl)n1. The normalized spacial score (nSPS) is 19.6. The first-order chi connectivity index (χ1) is 8.69. The molecule has 1 fully saturated rings. The zero-order valence-electron chi connectivity index (χ0n) is 10.4. The van der Waals surface area contributed by atoms with Gasteiger partial charge in [0.1, 0.15) is 5.15 Å². The van der Waals surface area contributed by atoms with Gasteiger partial charge in [-0.15, -0.1) is 0 Å². The zero-order valence-corrected chi connectivity index (χ0v) is 11.2. The number of aryl methyl sites for hydroxylation is 1. The topological polar surface area (TPSA) is 51.2 Å². The number of carbonyl (C=O) groups is 1. The maximum Gasteiger partial charge on any atom is 0.251 e. The first kappa shape index (κ1) is 13.3. The number of carbonyl (C=O) groups excluding carboxylic acids is 1. The van der Waals surface area contributed by atoms with Gasteiger partial charge in [-0.25, -0.2) is 4.98 Å². The fourth-order valence-electron chi connectivity index (χ4n) is 1.99. The highest BCUT2D eigenvalue weighted by Crippen LogP contribution is 2.13. The van der Waals surface area contributed by atoms with Gasteiger partial charge in [0.2, 0.25) is 0 Å². The van der Waals surface area contributed by atoms with Crippen molar-refractivity contribution < 1.29 is 9.53 Å². The predicted molar refractivity (Wildman–Crippen MR) is 69.9 cm³/mol. The highest BCUT2D eigenvalue weighted by molar-refractivity contribution is 6.29. The number of pyridine rings is 1. The van der Waals surface area contributed by atoms with Gasteiger partial charge < -0.3 is 10.1 Å². The molecule has 0 spiro atoms. The van der Waals surface area contributed by atoms with E-state index in [0.717, 1.165) is 31.6 Å². The Morgan fingerprint density at radius 1 is 1.61 bits per heavy atom. The second-order valence-electron chi connectivity index (χ2n) is 4.41. The number of nitrogens with one attached hydrogen (secondary N) is 1. The van der Waals surface area contributed by atoms with Crippen LogP contribution in [-0.2, 0) is 11.2 Å². The third-order valence-corrected chi connectivity index (χ3v) is 3.16. The van der Waals surface area contributed by atoms with E-state index in [9.17, 15) is 4.79 Å². The molecule has 1 aliphatic rings. The Morgan fingerprint density at radius 2 is 2.44 bits per heavy atom. The van der Waals surface area contributed by atoms with Gasteiger partial charge in [-0.2, -0.15) is 0 Å². The Balaban J connectivity index is 2.05. The van der Waals surface area contributed by atoms with Crippen molar-refractivity contribution in [3.05, 3.63) is 28.5 Å². The quantitative estimate of drug-likeness (QED) is 0.855. The summed E-state index contributed by atoms with van der Waals surface area (Å²) in [4.78, 5) is 16.2. The van der Waals surface area contributed by atoms with Crippen LogP contribution >= 0.6 is 11.6 Å². The first-order valence-electron chi connectivity index (χ1n) is 6.24. The number of hydrogen-bond donors (Lipinski definition) is 1. The molecule has 18 heavy (non-hydrogen) atoms. The van der Waals surface area contributed by atoms with E-state index in [-0.39, 0.29) is 11.9 Å². The molecule has 1 atom stereocenters. The minimum atomic E-state index is -0.107. The summed E-state index contributed by atoms with van der Waals surface area (Å²) in [5, 5.41) is 3.32. The van der Waals surface area contributed by atoms with Gasteiger partial charge in [0.05, 0.1) is 12.6 Å². The van der Waals surface area contributed by atoms with Gasteiger partial charge in [0.25, 0.3) is 5.91 Å². The number of amides is 1. The van der Waals surface area contributed by atoms with Crippen LogP contribution in [0, 0.1) is 0 Å². The minimum Gasteiger partial charge on any atom is -0.379 e. The Kier molecular flexibility index (Phi) is 4.55.